The molecule has 2 aromatic carbocycles. The van der Waals surface area contributed by atoms with Gasteiger partial charge < -0.3 is 9.73 Å². The first-order chi connectivity index (χ1) is 12.9. The molecule has 1 N–H and O–H groups in total. The number of carbonyl (C=O) groups is 1. The van der Waals surface area contributed by atoms with Crippen molar-refractivity contribution in [2.24, 2.45) is 0 Å². The van der Waals surface area contributed by atoms with Crippen molar-refractivity contribution in [2.45, 2.75) is 10.1 Å². The molecule has 1 atom stereocenters. The predicted molar refractivity (Wildman–Crippen MR) is 104 cm³/mol. The Balaban J connectivity index is 1.85. The van der Waals surface area contributed by atoms with Gasteiger partial charge in [0.15, 0.2) is 9.84 Å². The molecule has 0 aliphatic heterocycles. The predicted octanol–water partition coefficient (Wildman–Crippen LogP) is 4.53. The van der Waals surface area contributed by atoms with Crippen LogP contribution < -0.4 is 5.32 Å². The maximum Gasteiger partial charge on any atom is 0.251 e. The number of benzene rings is 2. The molecule has 1 heterocycles. The van der Waals surface area contributed by atoms with Crippen LogP contribution in [0.5, 0.6) is 0 Å². The summed E-state index contributed by atoms with van der Waals surface area (Å²) in [6.45, 7) is -0.153. The normalized spacial score (nSPS) is 12.5. The molecule has 0 saturated carbocycles. The lowest BCUT2D eigenvalue weighted by atomic mass is 10.2. The molecular weight excluding hydrogens is 409 g/mol. The van der Waals surface area contributed by atoms with Gasteiger partial charge in [0, 0.05) is 22.2 Å². The fraction of sp³-hybridized carbons (Fsp3) is 0.105. The van der Waals surface area contributed by atoms with E-state index < -0.39 is 21.0 Å². The summed E-state index contributed by atoms with van der Waals surface area (Å²) in [5.41, 5.74) is 0.376. The van der Waals surface area contributed by atoms with E-state index in [4.69, 9.17) is 27.6 Å². The van der Waals surface area contributed by atoms with Crippen molar-refractivity contribution >= 4 is 38.9 Å². The molecule has 0 aliphatic carbocycles. The summed E-state index contributed by atoms with van der Waals surface area (Å²) in [5, 5.41) is 2.50. The molecular formula is C19H15Cl2NO4S. The van der Waals surface area contributed by atoms with Gasteiger partial charge in [0.05, 0.1) is 11.2 Å². The quantitative estimate of drug-likeness (QED) is 0.631. The first-order valence-electron chi connectivity index (χ1n) is 7.94. The Bertz CT molecular complexity index is 1010. The maximum atomic E-state index is 13.1. The number of hydrogen-bond acceptors (Lipinski definition) is 4. The number of furan rings is 1. The van der Waals surface area contributed by atoms with Crippen molar-refractivity contribution in [3.63, 3.8) is 0 Å². The van der Waals surface area contributed by atoms with E-state index in [-0.39, 0.29) is 17.2 Å². The lowest BCUT2D eigenvalue weighted by Crippen LogP contribution is -2.31. The Morgan fingerprint density at radius 3 is 2.11 bits per heavy atom. The summed E-state index contributed by atoms with van der Waals surface area (Å²) in [5.74, 6) is -0.170. The summed E-state index contributed by atoms with van der Waals surface area (Å²) in [6, 6.07) is 15.3. The van der Waals surface area contributed by atoms with E-state index in [0.29, 0.717) is 15.6 Å². The first kappa shape index (κ1) is 19.5. The highest BCUT2D eigenvalue weighted by Gasteiger charge is 2.32. The van der Waals surface area contributed by atoms with Gasteiger partial charge in [-0.05, 0) is 60.7 Å². The molecule has 8 heteroatoms. The fourth-order valence-corrected chi connectivity index (χ4v) is 4.35. The van der Waals surface area contributed by atoms with Crippen LogP contribution in [-0.4, -0.2) is 20.9 Å². The van der Waals surface area contributed by atoms with E-state index in [1.165, 1.54) is 30.5 Å². The second-order valence-corrected chi connectivity index (χ2v) is 8.72. The van der Waals surface area contributed by atoms with Gasteiger partial charge in [-0.1, -0.05) is 23.2 Å². The molecule has 0 bridgehead atoms. The Hall–Kier alpha value is -2.28. The second kappa shape index (κ2) is 8.17. The smallest absolute Gasteiger partial charge is 0.251 e. The van der Waals surface area contributed by atoms with Gasteiger partial charge in [-0.3, -0.25) is 4.79 Å². The van der Waals surface area contributed by atoms with Crippen LogP contribution in [0.2, 0.25) is 10.0 Å². The minimum Gasteiger partial charge on any atom is -0.468 e. The highest BCUT2D eigenvalue weighted by molar-refractivity contribution is 7.91. The first-order valence-corrected chi connectivity index (χ1v) is 10.2. The van der Waals surface area contributed by atoms with E-state index in [1.807, 2.05) is 0 Å². The van der Waals surface area contributed by atoms with Crippen molar-refractivity contribution in [1.82, 2.24) is 5.32 Å². The largest absolute Gasteiger partial charge is 0.468 e. The summed E-state index contributed by atoms with van der Waals surface area (Å²) in [4.78, 5) is 12.4. The molecule has 27 heavy (non-hydrogen) atoms. The lowest BCUT2D eigenvalue weighted by molar-refractivity contribution is 0.0953. The number of nitrogens with one attached hydrogen (secondary N) is 1. The van der Waals surface area contributed by atoms with Gasteiger partial charge in [-0.15, -0.1) is 0 Å². The van der Waals surface area contributed by atoms with Gasteiger partial charge in [-0.25, -0.2) is 8.42 Å². The third-order valence-corrected chi connectivity index (χ3v) is 6.51. The summed E-state index contributed by atoms with van der Waals surface area (Å²) < 4.78 is 31.4. The molecule has 3 aromatic rings. The molecule has 3 rings (SSSR count). The molecule has 0 fully saturated rings. The molecule has 0 radical (unpaired) electrons. The zero-order valence-electron chi connectivity index (χ0n) is 13.9. The number of amides is 1. The van der Waals surface area contributed by atoms with Crippen LogP contribution in [-0.2, 0) is 9.84 Å². The van der Waals surface area contributed by atoms with E-state index >= 15 is 0 Å². The van der Waals surface area contributed by atoms with Crippen LogP contribution in [0.25, 0.3) is 0 Å². The third kappa shape index (κ3) is 4.53. The summed E-state index contributed by atoms with van der Waals surface area (Å²) in [7, 11) is -3.81. The van der Waals surface area contributed by atoms with Gasteiger partial charge in [-0.2, -0.15) is 0 Å². The van der Waals surface area contributed by atoms with Crippen LogP contribution in [0.3, 0.4) is 0 Å². The Morgan fingerprint density at radius 2 is 1.56 bits per heavy atom. The average molecular weight is 424 g/mol. The van der Waals surface area contributed by atoms with Crippen molar-refractivity contribution in [3.05, 3.63) is 88.3 Å². The van der Waals surface area contributed by atoms with Crippen LogP contribution in [0, 0.1) is 0 Å². The summed E-state index contributed by atoms with van der Waals surface area (Å²) >= 11 is 11.7. The third-order valence-electron chi connectivity index (χ3n) is 3.93. The Labute approximate surface area is 166 Å². The molecule has 0 spiro atoms. The van der Waals surface area contributed by atoms with Crippen molar-refractivity contribution in [3.8, 4) is 0 Å². The number of carbonyl (C=O) groups excluding carboxylic acids is 1. The molecule has 5 nitrogen and oxygen atoms in total. The monoisotopic (exact) mass is 423 g/mol. The maximum absolute atomic E-state index is 13.1. The topological polar surface area (TPSA) is 76.4 Å². The van der Waals surface area contributed by atoms with E-state index in [9.17, 15) is 13.2 Å². The Kier molecular flexibility index (Phi) is 5.89. The summed E-state index contributed by atoms with van der Waals surface area (Å²) in [6.07, 6.45) is 1.39. The van der Waals surface area contributed by atoms with E-state index in [0.717, 1.165) is 0 Å². The highest BCUT2D eigenvalue weighted by atomic mass is 35.5. The highest BCUT2D eigenvalue weighted by Crippen LogP contribution is 2.29. The van der Waals surface area contributed by atoms with Crippen molar-refractivity contribution in [1.29, 1.82) is 0 Å². The van der Waals surface area contributed by atoms with Crippen LogP contribution >= 0.6 is 23.2 Å². The van der Waals surface area contributed by atoms with Gasteiger partial charge >= 0.3 is 0 Å². The number of sulfone groups is 1. The SMILES string of the molecule is O=C(NC[C@H](c1ccco1)S(=O)(=O)c1ccc(Cl)cc1)c1ccc(Cl)cc1. The molecule has 0 aliphatic rings. The standard InChI is InChI=1S/C19H15Cl2NO4S/c20-14-5-3-13(4-6-14)19(23)22-12-18(17-2-1-11-26-17)27(24,25)16-9-7-15(21)8-10-16/h1-11,18H,12H2,(H,22,23)/t18-/m1/s1. The fourth-order valence-electron chi connectivity index (χ4n) is 2.51. The number of rotatable bonds is 6. The van der Waals surface area contributed by atoms with Crippen molar-refractivity contribution < 1.29 is 17.6 Å². The lowest BCUT2D eigenvalue weighted by Gasteiger charge is -2.17. The number of hydrogen-bond donors (Lipinski definition) is 1. The molecule has 1 amide bonds. The van der Waals surface area contributed by atoms with Crippen LogP contribution in [0.4, 0.5) is 0 Å². The minimum atomic E-state index is -3.81. The molecule has 0 saturated heterocycles. The van der Waals surface area contributed by atoms with Gasteiger partial charge in [0.2, 0.25) is 0 Å². The van der Waals surface area contributed by atoms with Gasteiger partial charge in [0.25, 0.3) is 5.91 Å². The zero-order chi connectivity index (χ0) is 19.4. The van der Waals surface area contributed by atoms with Crippen molar-refractivity contribution in [2.75, 3.05) is 6.54 Å². The van der Waals surface area contributed by atoms with E-state index in [2.05, 4.69) is 5.32 Å². The number of halogens is 2. The zero-order valence-corrected chi connectivity index (χ0v) is 16.3. The Morgan fingerprint density at radius 1 is 0.963 bits per heavy atom. The molecule has 0 unspecified atom stereocenters. The molecule has 1 aromatic heterocycles. The van der Waals surface area contributed by atoms with E-state index in [1.54, 1.807) is 36.4 Å². The van der Waals surface area contributed by atoms with Gasteiger partial charge in [0.1, 0.15) is 11.0 Å². The van der Waals surface area contributed by atoms with Crippen LogP contribution in [0.1, 0.15) is 21.4 Å². The minimum absolute atomic E-state index is 0.0917. The van der Waals surface area contributed by atoms with Crippen LogP contribution in [0.15, 0.2) is 76.2 Å². The molecule has 140 valence electrons. The average Bonchev–Trinajstić information content (AvgIpc) is 3.16. The second-order valence-electron chi connectivity index (χ2n) is 5.72.